The molecule has 2 aromatic rings. The van der Waals surface area contributed by atoms with Crippen LogP contribution in [0.4, 0.5) is 0 Å². The fourth-order valence-electron chi connectivity index (χ4n) is 2.69. The Bertz CT molecular complexity index is 686. The Kier molecular flexibility index (Phi) is 3.59. The van der Waals surface area contributed by atoms with E-state index in [0.29, 0.717) is 5.56 Å². The van der Waals surface area contributed by atoms with Crippen LogP contribution in [-0.4, -0.2) is 18.2 Å². The zero-order valence-electron chi connectivity index (χ0n) is 11.7. The van der Waals surface area contributed by atoms with Gasteiger partial charge in [0.1, 0.15) is 0 Å². The van der Waals surface area contributed by atoms with Crippen molar-refractivity contribution >= 4 is 12.0 Å². The first-order chi connectivity index (χ1) is 10.2. The van der Waals surface area contributed by atoms with Crippen LogP contribution < -0.4 is 0 Å². The second kappa shape index (κ2) is 5.54. The van der Waals surface area contributed by atoms with Crippen molar-refractivity contribution < 1.29 is 14.6 Å². The Morgan fingerprint density at radius 2 is 1.81 bits per heavy atom. The number of ether oxygens (including phenoxy) is 1. The molecule has 0 aliphatic heterocycles. The van der Waals surface area contributed by atoms with Crippen molar-refractivity contribution in [1.82, 2.24) is 0 Å². The van der Waals surface area contributed by atoms with E-state index in [1.54, 1.807) is 12.1 Å². The number of carbonyl (C=O) groups excluding carboxylic acids is 1. The largest absolute Gasteiger partial charge is 0.465 e. The average molecular weight is 280 g/mol. The lowest BCUT2D eigenvalue weighted by Gasteiger charge is -2.26. The van der Waals surface area contributed by atoms with Gasteiger partial charge in [0.25, 0.3) is 0 Å². The number of aliphatic hydroxyl groups is 1. The van der Waals surface area contributed by atoms with E-state index in [1.807, 2.05) is 48.6 Å². The minimum Gasteiger partial charge on any atom is -0.465 e. The fourth-order valence-corrected chi connectivity index (χ4v) is 2.69. The van der Waals surface area contributed by atoms with Crippen molar-refractivity contribution in [2.24, 2.45) is 0 Å². The molecule has 3 nitrogen and oxygen atoms in total. The van der Waals surface area contributed by atoms with Gasteiger partial charge in [0.2, 0.25) is 0 Å². The second-order valence-corrected chi connectivity index (χ2v) is 5.07. The molecule has 0 aromatic heterocycles. The maximum Gasteiger partial charge on any atom is 0.337 e. The van der Waals surface area contributed by atoms with E-state index in [-0.39, 0.29) is 11.9 Å². The molecule has 1 aliphatic carbocycles. The number of carbonyl (C=O) groups is 1. The van der Waals surface area contributed by atoms with E-state index < -0.39 is 6.10 Å². The predicted octanol–water partition coefficient (Wildman–Crippen LogP) is 3.32. The van der Waals surface area contributed by atoms with Gasteiger partial charge in [-0.15, -0.1) is 0 Å². The molecule has 0 fully saturated rings. The summed E-state index contributed by atoms with van der Waals surface area (Å²) in [4.78, 5) is 11.4. The van der Waals surface area contributed by atoms with Crippen molar-refractivity contribution in [3.8, 4) is 0 Å². The summed E-state index contributed by atoms with van der Waals surface area (Å²) < 4.78 is 4.69. The Morgan fingerprint density at radius 3 is 2.52 bits per heavy atom. The molecule has 1 aliphatic rings. The van der Waals surface area contributed by atoms with E-state index in [9.17, 15) is 9.90 Å². The molecule has 0 heterocycles. The molecule has 3 heteroatoms. The summed E-state index contributed by atoms with van der Waals surface area (Å²) in [5.74, 6) is -0.460. The molecule has 0 radical (unpaired) electrons. The molecule has 1 N–H and O–H groups in total. The van der Waals surface area contributed by atoms with Crippen LogP contribution in [0.3, 0.4) is 0 Å². The third kappa shape index (κ3) is 2.48. The Morgan fingerprint density at radius 1 is 1.10 bits per heavy atom. The van der Waals surface area contributed by atoms with Crippen LogP contribution in [0.15, 0.2) is 54.6 Å². The van der Waals surface area contributed by atoms with Gasteiger partial charge in [0.05, 0.1) is 18.8 Å². The van der Waals surface area contributed by atoms with Gasteiger partial charge >= 0.3 is 5.97 Å². The lowest BCUT2D eigenvalue weighted by Crippen LogP contribution is -2.13. The van der Waals surface area contributed by atoms with Crippen molar-refractivity contribution in [3.63, 3.8) is 0 Å². The average Bonchev–Trinajstić information content (AvgIpc) is 2.55. The first kappa shape index (κ1) is 13.6. The van der Waals surface area contributed by atoms with Crippen LogP contribution in [0.2, 0.25) is 0 Å². The van der Waals surface area contributed by atoms with Crippen LogP contribution in [0, 0.1) is 0 Å². The van der Waals surface area contributed by atoms with Crippen LogP contribution in [0.25, 0.3) is 6.08 Å². The fraction of sp³-hybridized carbons (Fsp3) is 0.167. The molecule has 21 heavy (non-hydrogen) atoms. The molecule has 2 aromatic carbocycles. The predicted molar refractivity (Wildman–Crippen MR) is 81.0 cm³/mol. The summed E-state index contributed by atoms with van der Waals surface area (Å²) in [6.07, 6.45) is 3.45. The summed E-state index contributed by atoms with van der Waals surface area (Å²) in [6.45, 7) is 0. The number of fused-ring (bicyclic) bond motifs is 1. The number of hydrogen-bond acceptors (Lipinski definition) is 3. The lowest BCUT2D eigenvalue weighted by atomic mass is 9.82. The Hall–Kier alpha value is -2.39. The van der Waals surface area contributed by atoms with Gasteiger partial charge < -0.3 is 9.84 Å². The van der Waals surface area contributed by atoms with E-state index in [4.69, 9.17) is 0 Å². The molecular weight excluding hydrogens is 264 g/mol. The van der Waals surface area contributed by atoms with Crippen molar-refractivity contribution in [2.45, 2.75) is 12.0 Å². The van der Waals surface area contributed by atoms with Gasteiger partial charge in [-0.1, -0.05) is 48.6 Å². The monoisotopic (exact) mass is 280 g/mol. The Balaban J connectivity index is 1.90. The number of esters is 1. The summed E-state index contributed by atoms with van der Waals surface area (Å²) in [6, 6.07) is 15.0. The normalized spacial score (nSPS) is 19.9. The standard InChI is InChI=1S/C18H16O3/c1-21-18(20)14-8-6-13(7-9-14)16-11-10-12-4-2-3-5-15(12)17(16)19/h2-11,16-17,19H,1H3/t16-,17-/m1/s1. The molecule has 3 rings (SSSR count). The lowest BCUT2D eigenvalue weighted by molar-refractivity contribution is 0.0600. The molecule has 0 unspecified atom stereocenters. The summed E-state index contributed by atoms with van der Waals surface area (Å²) in [5, 5.41) is 10.6. The minimum absolute atomic E-state index is 0.105. The number of benzene rings is 2. The quantitative estimate of drug-likeness (QED) is 0.858. The van der Waals surface area contributed by atoms with Crippen molar-refractivity contribution in [3.05, 3.63) is 76.9 Å². The van der Waals surface area contributed by atoms with Crippen LogP contribution in [-0.2, 0) is 4.74 Å². The first-order valence-corrected chi connectivity index (χ1v) is 6.84. The van der Waals surface area contributed by atoms with Gasteiger partial charge in [-0.2, -0.15) is 0 Å². The highest BCUT2D eigenvalue weighted by atomic mass is 16.5. The van der Waals surface area contributed by atoms with E-state index >= 15 is 0 Å². The van der Waals surface area contributed by atoms with Gasteiger partial charge in [0.15, 0.2) is 0 Å². The van der Waals surface area contributed by atoms with Crippen LogP contribution >= 0.6 is 0 Å². The van der Waals surface area contributed by atoms with Crippen molar-refractivity contribution in [2.75, 3.05) is 7.11 Å². The topological polar surface area (TPSA) is 46.5 Å². The maximum atomic E-state index is 11.4. The van der Waals surface area contributed by atoms with E-state index in [2.05, 4.69) is 4.74 Å². The highest BCUT2D eigenvalue weighted by molar-refractivity contribution is 5.89. The number of aliphatic hydroxyl groups excluding tert-OH is 1. The minimum atomic E-state index is -0.574. The van der Waals surface area contributed by atoms with Gasteiger partial charge in [0, 0.05) is 5.92 Å². The zero-order chi connectivity index (χ0) is 14.8. The molecular formula is C18H16O3. The number of rotatable bonds is 2. The highest BCUT2D eigenvalue weighted by Crippen LogP contribution is 2.38. The number of hydrogen-bond donors (Lipinski definition) is 1. The smallest absolute Gasteiger partial charge is 0.337 e. The molecule has 0 bridgehead atoms. The van der Waals surface area contributed by atoms with Gasteiger partial charge in [-0.05, 0) is 28.8 Å². The van der Waals surface area contributed by atoms with E-state index in [0.717, 1.165) is 16.7 Å². The molecule has 106 valence electrons. The second-order valence-electron chi connectivity index (χ2n) is 5.07. The number of methoxy groups -OCH3 is 1. The third-order valence-corrected chi connectivity index (χ3v) is 3.85. The molecule has 0 saturated heterocycles. The molecule has 0 spiro atoms. The van der Waals surface area contributed by atoms with Crippen LogP contribution in [0.1, 0.15) is 39.1 Å². The highest BCUT2D eigenvalue weighted by Gasteiger charge is 2.25. The molecule has 2 atom stereocenters. The summed E-state index contributed by atoms with van der Waals surface area (Å²) >= 11 is 0. The summed E-state index contributed by atoms with van der Waals surface area (Å²) in [5.41, 5.74) is 3.46. The molecule has 0 amide bonds. The zero-order valence-corrected chi connectivity index (χ0v) is 11.7. The SMILES string of the molecule is COC(=O)c1ccc([C@H]2C=Cc3ccccc3[C@H]2O)cc1. The molecule has 0 saturated carbocycles. The van der Waals surface area contributed by atoms with E-state index in [1.165, 1.54) is 7.11 Å². The third-order valence-electron chi connectivity index (χ3n) is 3.85. The van der Waals surface area contributed by atoms with Crippen LogP contribution in [0.5, 0.6) is 0 Å². The Labute approximate surface area is 123 Å². The first-order valence-electron chi connectivity index (χ1n) is 6.84. The maximum absolute atomic E-state index is 11.4. The van der Waals surface area contributed by atoms with Gasteiger partial charge in [-0.3, -0.25) is 0 Å². The van der Waals surface area contributed by atoms with Gasteiger partial charge in [-0.25, -0.2) is 4.79 Å². The van der Waals surface area contributed by atoms with Crippen molar-refractivity contribution in [1.29, 1.82) is 0 Å². The summed E-state index contributed by atoms with van der Waals surface area (Å²) in [7, 11) is 1.36.